The quantitative estimate of drug-likeness (QED) is 0.219. The molecule has 7 heteroatoms. The van der Waals surface area contributed by atoms with E-state index in [-0.39, 0.29) is 29.7 Å². The van der Waals surface area contributed by atoms with Crippen LogP contribution in [-0.2, 0) is 9.84 Å². The predicted octanol–water partition coefficient (Wildman–Crippen LogP) is 3.59. The highest BCUT2D eigenvalue weighted by molar-refractivity contribution is 14.0. The average Bonchev–Trinajstić information content (AvgIpc) is 2.42. The second-order valence-corrected chi connectivity index (χ2v) is 10.3. The number of halogens is 1. The molecule has 0 aliphatic rings. The predicted molar refractivity (Wildman–Crippen MR) is 116 cm³/mol. The van der Waals surface area contributed by atoms with Crippen molar-refractivity contribution in [2.75, 3.05) is 25.9 Å². The Hall–Kier alpha value is -0.0500. The second kappa shape index (κ2) is 13.2. The van der Waals surface area contributed by atoms with Crippen molar-refractivity contribution in [3.8, 4) is 0 Å². The fraction of sp³-hybridized carbons (Fsp3) is 0.941. The highest BCUT2D eigenvalue weighted by Crippen LogP contribution is 2.15. The van der Waals surface area contributed by atoms with Gasteiger partial charge in [0.15, 0.2) is 15.8 Å². The van der Waals surface area contributed by atoms with Gasteiger partial charge in [-0.1, -0.05) is 39.5 Å². The Morgan fingerprint density at radius 3 is 2.04 bits per heavy atom. The Labute approximate surface area is 166 Å². The lowest BCUT2D eigenvalue weighted by Crippen LogP contribution is -2.42. The number of sulfone groups is 1. The molecule has 0 spiro atoms. The van der Waals surface area contributed by atoms with Crippen LogP contribution in [0.1, 0.15) is 66.7 Å². The van der Waals surface area contributed by atoms with E-state index < -0.39 is 14.6 Å². The first-order valence-electron chi connectivity index (χ1n) is 8.77. The van der Waals surface area contributed by atoms with Crippen LogP contribution in [0.2, 0.25) is 0 Å². The van der Waals surface area contributed by atoms with Crippen molar-refractivity contribution in [3.05, 3.63) is 0 Å². The zero-order valence-corrected chi connectivity index (χ0v) is 19.5. The summed E-state index contributed by atoms with van der Waals surface area (Å²) in [5.41, 5.74) is 0. The molecule has 5 nitrogen and oxygen atoms in total. The number of nitrogens with one attached hydrogen (secondary N) is 2. The molecule has 0 atom stereocenters. The van der Waals surface area contributed by atoms with E-state index in [1.807, 2.05) is 0 Å². The van der Waals surface area contributed by atoms with Crippen molar-refractivity contribution < 1.29 is 8.42 Å². The summed E-state index contributed by atoms with van der Waals surface area (Å²) in [6.07, 6.45) is 6.21. The number of nitrogens with zero attached hydrogens (tertiary/aromatic N) is 1. The van der Waals surface area contributed by atoms with Gasteiger partial charge in [0, 0.05) is 20.1 Å². The third-order valence-electron chi connectivity index (χ3n) is 3.82. The summed E-state index contributed by atoms with van der Waals surface area (Å²) in [6, 6.07) is 0. The fourth-order valence-corrected chi connectivity index (χ4v) is 3.05. The van der Waals surface area contributed by atoms with Crippen LogP contribution in [0.15, 0.2) is 4.99 Å². The molecule has 0 fully saturated rings. The summed E-state index contributed by atoms with van der Waals surface area (Å²) in [5, 5.41) is 6.31. The van der Waals surface area contributed by atoms with Crippen LogP contribution < -0.4 is 10.6 Å². The van der Waals surface area contributed by atoms with Gasteiger partial charge in [0.1, 0.15) is 0 Å². The normalized spacial score (nSPS) is 12.9. The molecule has 146 valence electrons. The van der Waals surface area contributed by atoms with Gasteiger partial charge in [0.2, 0.25) is 0 Å². The van der Waals surface area contributed by atoms with Crippen molar-refractivity contribution in [1.82, 2.24) is 10.6 Å². The van der Waals surface area contributed by atoms with Crippen LogP contribution in [0.25, 0.3) is 0 Å². The van der Waals surface area contributed by atoms with E-state index in [9.17, 15) is 8.42 Å². The molecule has 0 saturated carbocycles. The minimum atomic E-state index is -3.09. The maximum absolute atomic E-state index is 12.0. The summed E-state index contributed by atoms with van der Waals surface area (Å²) in [7, 11) is -1.38. The van der Waals surface area contributed by atoms with Gasteiger partial charge in [-0.3, -0.25) is 4.99 Å². The molecule has 0 amide bonds. The summed E-state index contributed by atoms with van der Waals surface area (Å²) in [5.74, 6) is 1.59. The first kappa shape index (κ1) is 26.2. The Kier molecular flexibility index (Phi) is 14.4. The number of unbranched alkanes of at least 4 members (excludes halogenated alkanes) is 3. The monoisotopic (exact) mass is 475 g/mol. The van der Waals surface area contributed by atoms with E-state index >= 15 is 0 Å². The summed E-state index contributed by atoms with van der Waals surface area (Å²) in [6.45, 7) is 11.0. The molecule has 0 radical (unpaired) electrons. The molecule has 0 heterocycles. The van der Waals surface area contributed by atoms with Crippen molar-refractivity contribution in [2.45, 2.75) is 71.5 Å². The van der Waals surface area contributed by atoms with E-state index in [2.05, 4.69) is 29.5 Å². The molecule has 2 N–H and O–H groups in total. The van der Waals surface area contributed by atoms with Gasteiger partial charge in [0.25, 0.3) is 0 Å². The smallest absolute Gasteiger partial charge is 0.191 e. The van der Waals surface area contributed by atoms with Crippen LogP contribution in [0.5, 0.6) is 0 Å². The zero-order valence-electron chi connectivity index (χ0n) is 16.3. The minimum absolute atomic E-state index is 0. The highest BCUT2D eigenvalue weighted by Gasteiger charge is 2.28. The molecule has 0 rings (SSSR count). The Bertz CT molecular complexity index is 443. The third-order valence-corrected chi connectivity index (χ3v) is 6.43. The number of hydrogen-bond acceptors (Lipinski definition) is 3. The van der Waals surface area contributed by atoms with Crippen LogP contribution in [0.4, 0.5) is 0 Å². The summed E-state index contributed by atoms with van der Waals surface area (Å²) in [4.78, 5) is 4.13. The van der Waals surface area contributed by atoms with Crippen LogP contribution >= 0.6 is 24.0 Å². The molecule has 0 aromatic heterocycles. The Balaban J connectivity index is 0. The van der Waals surface area contributed by atoms with E-state index in [0.717, 1.165) is 18.9 Å². The third kappa shape index (κ3) is 12.3. The van der Waals surface area contributed by atoms with E-state index in [4.69, 9.17) is 0 Å². The topological polar surface area (TPSA) is 70.6 Å². The van der Waals surface area contributed by atoms with Gasteiger partial charge in [-0.2, -0.15) is 0 Å². The molecule has 0 aliphatic heterocycles. The van der Waals surface area contributed by atoms with Crippen molar-refractivity contribution in [3.63, 3.8) is 0 Å². The van der Waals surface area contributed by atoms with Gasteiger partial charge in [-0.15, -0.1) is 24.0 Å². The molecule has 0 saturated heterocycles. The van der Waals surface area contributed by atoms with Gasteiger partial charge >= 0.3 is 0 Å². The van der Waals surface area contributed by atoms with Gasteiger partial charge in [-0.25, -0.2) is 8.42 Å². The second-order valence-electron chi connectivity index (χ2n) is 7.45. The fourth-order valence-electron chi connectivity index (χ4n) is 2.07. The molecular formula is C17H38IN3O2S. The molecule has 0 aromatic rings. The van der Waals surface area contributed by atoms with Crippen LogP contribution in [-0.4, -0.2) is 45.0 Å². The summed E-state index contributed by atoms with van der Waals surface area (Å²) >= 11 is 0. The lowest BCUT2D eigenvalue weighted by molar-refractivity contribution is 0.518. The minimum Gasteiger partial charge on any atom is -0.356 e. The van der Waals surface area contributed by atoms with Gasteiger partial charge in [-0.05, 0) is 33.1 Å². The SMILES string of the molecule is CN=C(NCCCCCCC(C)C)NCCS(=O)(=O)C(C)(C)C.I. The standard InChI is InChI=1S/C17H37N3O2S.HI/c1-15(2)11-9-7-8-10-12-19-16(18-6)20-13-14-23(21,22)17(3,4)5;/h15H,7-14H2,1-6H3,(H2,18,19,20);1H. The largest absolute Gasteiger partial charge is 0.356 e. The van der Waals surface area contributed by atoms with E-state index in [1.54, 1.807) is 27.8 Å². The van der Waals surface area contributed by atoms with Gasteiger partial charge in [0.05, 0.1) is 10.5 Å². The highest BCUT2D eigenvalue weighted by atomic mass is 127. The molecule has 0 aromatic carbocycles. The Morgan fingerprint density at radius 2 is 1.54 bits per heavy atom. The van der Waals surface area contributed by atoms with E-state index in [0.29, 0.717) is 12.5 Å². The summed E-state index contributed by atoms with van der Waals surface area (Å²) < 4.78 is 23.4. The average molecular weight is 475 g/mol. The van der Waals surface area contributed by atoms with Crippen molar-refractivity contribution in [1.29, 1.82) is 0 Å². The number of aliphatic imine (C=N–C) groups is 1. The van der Waals surface area contributed by atoms with E-state index in [1.165, 1.54) is 25.7 Å². The molecular weight excluding hydrogens is 437 g/mol. The Morgan fingerprint density at radius 1 is 1.00 bits per heavy atom. The maximum Gasteiger partial charge on any atom is 0.191 e. The number of hydrogen-bond donors (Lipinski definition) is 2. The van der Waals surface area contributed by atoms with Gasteiger partial charge < -0.3 is 10.6 Å². The lowest BCUT2D eigenvalue weighted by atomic mass is 10.0. The zero-order chi connectivity index (χ0) is 17.9. The maximum atomic E-state index is 12.0. The van der Waals surface area contributed by atoms with Crippen LogP contribution in [0, 0.1) is 5.92 Å². The molecule has 24 heavy (non-hydrogen) atoms. The first-order chi connectivity index (χ1) is 10.6. The van der Waals surface area contributed by atoms with Crippen molar-refractivity contribution in [2.24, 2.45) is 10.9 Å². The number of guanidine groups is 1. The van der Waals surface area contributed by atoms with Crippen molar-refractivity contribution >= 4 is 39.8 Å². The molecule has 0 aliphatic carbocycles. The first-order valence-corrected chi connectivity index (χ1v) is 10.4. The molecule has 0 bridgehead atoms. The van der Waals surface area contributed by atoms with Crippen LogP contribution in [0.3, 0.4) is 0 Å². The molecule has 0 unspecified atom stereocenters. The lowest BCUT2D eigenvalue weighted by Gasteiger charge is -2.19. The number of rotatable bonds is 10.